The molecule has 0 unspecified atom stereocenters. The third-order valence-corrected chi connectivity index (χ3v) is 7.07. The van der Waals surface area contributed by atoms with Crippen LogP contribution >= 0.6 is 0 Å². The molecule has 0 bridgehead atoms. The van der Waals surface area contributed by atoms with E-state index >= 15 is 0 Å². The molecule has 3 aromatic rings. The van der Waals surface area contributed by atoms with Gasteiger partial charge in [0.05, 0.1) is 11.8 Å². The second-order valence-corrected chi connectivity index (χ2v) is 9.23. The Morgan fingerprint density at radius 1 is 1.03 bits per heavy atom. The SMILES string of the molecule is C/C(=N/NC(=O)[C@@H]1COc2ccccc2O1)c1ccc2c(c1)[C@@H]1C=CC[C@H]1[C@@H](c1ccccc1)N2. The molecular weight excluding hydrogens is 438 g/mol. The van der Waals surface area contributed by atoms with Crippen molar-refractivity contribution in [3.63, 3.8) is 0 Å². The molecule has 0 aromatic heterocycles. The van der Waals surface area contributed by atoms with Crippen molar-refractivity contribution in [3.05, 3.63) is 102 Å². The Hall–Kier alpha value is -4.06. The molecule has 6 heteroatoms. The summed E-state index contributed by atoms with van der Waals surface area (Å²) < 4.78 is 11.4. The second-order valence-electron chi connectivity index (χ2n) is 9.23. The summed E-state index contributed by atoms with van der Waals surface area (Å²) in [5.74, 6) is 1.71. The molecule has 2 aliphatic heterocycles. The number of ether oxygens (including phenoxy) is 2. The number of carbonyl (C=O) groups is 1. The summed E-state index contributed by atoms with van der Waals surface area (Å²) in [5.41, 5.74) is 8.11. The Morgan fingerprint density at radius 2 is 1.83 bits per heavy atom. The van der Waals surface area contributed by atoms with Crippen molar-refractivity contribution in [3.8, 4) is 11.5 Å². The summed E-state index contributed by atoms with van der Waals surface area (Å²) in [4.78, 5) is 12.7. The highest BCUT2D eigenvalue weighted by molar-refractivity contribution is 6.00. The average molecular weight is 466 g/mol. The molecule has 6 rings (SSSR count). The van der Waals surface area contributed by atoms with Crippen LogP contribution in [0, 0.1) is 5.92 Å². The van der Waals surface area contributed by atoms with Crippen LogP contribution in [-0.4, -0.2) is 24.3 Å². The van der Waals surface area contributed by atoms with Crippen LogP contribution in [0.25, 0.3) is 0 Å². The summed E-state index contributed by atoms with van der Waals surface area (Å²) in [5, 5.41) is 8.14. The topological polar surface area (TPSA) is 72.0 Å². The number of hydrogen-bond acceptors (Lipinski definition) is 5. The predicted molar refractivity (Wildman–Crippen MR) is 136 cm³/mol. The Balaban J connectivity index is 1.19. The van der Waals surface area contributed by atoms with Crippen LogP contribution in [0.1, 0.15) is 42.0 Å². The van der Waals surface area contributed by atoms with E-state index in [1.807, 2.05) is 31.2 Å². The summed E-state index contributed by atoms with van der Waals surface area (Å²) in [6.45, 7) is 2.06. The fraction of sp³-hybridized carbons (Fsp3) is 0.241. The summed E-state index contributed by atoms with van der Waals surface area (Å²) in [6.07, 6.45) is 4.93. The maximum absolute atomic E-state index is 12.7. The van der Waals surface area contributed by atoms with Crippen LogP contribution in [-0.2, 0) is 4.79 Å². The maximum atomic E-state index is 12.7. The van der Waals surface area contributed by atoms with Crippen LogP contribution in [0.15, 0.2) is 90.0 Å². The number of allylic oxidation sites excluding steroid dienone is 2. The molecule has 2 heterocycles. The number of benzene rings is 3. The third kappa shape index (κ3) is 4.05. The summed E-state index contributed by atoms with van der Waals surface area (Å²) in [7, 11) is 0. The van der Waals surface area contributed by atoms with Crippen LogP contribution < -0.4 is 20.2 Å². The summed E-state index contributed by atoms with van der Waals surface area (Å²) >= 11 is 0. The smallest absolute Gasteiger partial charge is 0.284 e. The van der Waals surface area contributed by atoms with Crippen molar-refractivity contribution >= 4 is 17.3 Å². The van der Waals surface area contributed by atoms with Crippen molar-refractivity contribution in [1.29, 1.82) is 0 Å². The number of carbonyl (C=O) groups excluding carboxylic acids is 1. The molecule has 0 fully saturated rings. The van der Waals surface area contributed by atoms with Gasteiger partial charge in [-0.15, -0.1) is 0 Å². The third-order valence-electron chi connectivity index (χ3n) is 7.07. The molecule has 1 aliphatic carbocycles. The zero-order valence-electron chi connectivity index (χ0n) is 19.5. The lowest BCUT2D eigenvalue weighted by molar-refractivity contribution is -0.130. The monoisotopic (exact) mass is 465 g/mol. The summed E-state index contributed by atoms with van der Waals surface area (Å²) in [6, 6.07) is 24.6. The number of rotatable bonds is 4. The highest BCUT2D eigenvalue weighted by Gasteiger charge is 2.38. The van der Waals surface area contributed by atoms with Crippen LogP contribution in [0.2, 0.25) is 0 Å². The van der Waals surface area contributed by atoms with E-state index in [4.69, 9.17) is 9.47 Å². The quantitative estimate of drug-likeness (QED) is 0.316. The first-order valence-electron chi connectivity index (χ1n) is 12.0. The minimum Gasteiger partial charge on any atom is -0.485 e. The van der Waals surface area contributed by atoms with E-state index in [1.165, 1.54) is 11.1 Å². The van der Waals surface area contributed by atoms with Gasteiger partial charge in [0.25, 0.3) is 5.91 Å². The standard InChI is InChI=1S/C29H27N3O3/c1-18(31-32-29(33)27-17-34-25-12-5-6-13-26(25)35-27)20-14-15-24-23(16-20)21-10-7-11-22(21)28(30-24)19-8-3-2-4-9-19/h2-10,12-16,21-22,27-28,30H,11,17H2,1H3,(H,32,33)/b31-18-/t21-,22-,27+,28-/m1/s1. The van der Waals surface area contributed by atoms with Crippen molar-refractivity contribution in [1.82, 2.24) is 5.43 Å². The van der Waals surface area contributed by atoms with E-state index < -0.39 is 6.10 Å². The van der Waals surface area contributed by atoms with Crippen molar-refractivity contribution in [2.24, 2.45) is 11.0 Å². The number of hydrazone groups is 1. The van der Waals surface area contributed by atoms with Crippen molar-refractivity contribution < 1.29 is 14.3 Å². The van der Waals surface area contributed by atoms with E-state index in [2.05, 4.69) is 70.5 Å². The van der Waals surface area contributed by atoms with Gasteiger partial charge in [-0.05, 0) is 60.2 Å². The fourth-order valence-electron chi connectivity index (χ4n) is 5.23. The van der Waals surface area contributed by atoms with Crippen molar-refractivity contribution in [2.75, 3.05) is 11.9 Å². The molecule has 176 valence electrons. The Bertz CT molecular complexity index is 1320. The normalized spacial score (nSPS) is 24.2. The number of hydrogen-bond donors (Lipinski definition) is 2. The van der Waals surface area contributed by atoms with E-state index in [1.54, 1.807) is 6.07 Å². The number of nitrogens with zero attached hydrogens (tertiary/aromatic N) is 1. The molecule has 0 saturated carbocycles. The Kier molecular flexibility index (Phi) is 5.49. The highest BCUT2D eigenvalue weighted by atomic mass is 16.6. The largest absolute Gasteiger partial charge is 0.485 e. The first-order chi connectivity index (χ1) is 17.2. The van der Waals surface area contributed by atoms with Gasteiger partial charge in [0.2, 0.25) is 6.10 Å². The molecule has 35 heavy (non-hydrogen) atoms. The molecule has 0 saturated heterocycles. The molecule has 3 aromatic carbocycles. The number of fused-ring (bicyclic) bond motifs is 4. The Morgan fingerprint density at radius 3 is 2.69 bits per heavy atom. The number of amides is 1. The number of nitrogens with one attached hydrogen (secondary N) is 2. The molecule has 6 nitrogen and oxygen atoms in total. The van der Waals surface area contributed by atoms with Gasteiger partial charge >= 0.3 is 0 Å². The zero-order valence-corrected chi connectivity index (χ0v) is 19.5. The molecule has 2 N–H and O–H groups in total. The van der Waals surface area contributed by atoms with E-state index in [0.29, 0.717) is 23.3 Å². The van der Waals surface area contributed by atoms with Gasteiger partial charge in [-0.1, -0.05) is 60.7 Å². The molecule has 4 atom stereocenters. The average Bonchev–Trinajstić information content (AvgIpc) is 3.41. The van der Waals surface area contributed by atoms with Gasteiger partial charge < -0.3 is 14.8 Å². The molecule has 3 aliphatic rings. The van der Waals surface area contributed by atoms with Crippen LogP contribution in [0.4, 0.5) is 5.69 Å². The lowest BCUT2D eigenvalue weighted by Crippen LogP contribution is -2.42. The van der Waals surface area contributed by atoms with E-state index in [-0.39, 0.29) is 18.6 Å². The van der Waals surface area contributed by atoms with E-state index in [9.17, 15) is 4.79 Å². The minimum atomic E-state index is -0.742. The van der Waals surface area contributed by atoms with Gasteiger partial charge in [-0.25, -0.2) is 5.43 Å². The first-order valence-corrected chi connectivity index (χ1v) is 12.0. The van der Waals surface area contributed by atoms with Crippen LogP contribution in [0.5, 0.6) is 11.5 Å². The van der Waals surface area contributed by atoms with Gasteiger partial charge in [-0.2, -0.15) is 5.10 Å². The minimum absolute atomic E-state index is 0.153. The van der Waals surface area contributed by atoms with Gasteiger partial charge in [-0.3, -0.25) is 4.79 Å². The Labute approximate surface area is 204 Å². The zero-order chi connectivity index (χ0) is 23.8. The second kappa shape index (κ2) is 8.95. The van der Waals surface area contributed by atoms with Crippen LogP contribution in [0.3, 0.4) is 0 Å². The van der Waals surface area contributed by atoms with Gasteiger partial charge in [0.1, 0.15) is 6.61 Å². The fourth-order valence-corrected chi connectivity index (χ4v) is 5.23. The maximum Gasteiger partial charge on any atom is 0.284 e. The van der Waals surface area contributed by atoms with E-state index in [0.717, 1.165) is 23.4 Å². The number of para-hydroxylation sites is 2. The first kappa shape index (κ1) is 21.5. The van der Waals surface area contributed by atoms with Crippen molar-refractivity contribution in [2.45, 2.75) is 31.4 Å². The van der Waals surface area contributed by atoms with Gasteiger partial charge in [0, 0.05) is 11.6 Å². The van der Waals surface area contributed by atoms with Gasteiger partial charge in [0.15, 0.2) is 11.5 Å². The lowest BCUT2D eigenvalue weighted by atomic mass is 9.76. The highest BCUT2D eigenvalue weighted by Crippen LogP contribution is 2.49. The number of anilines is 1. The molecule has 0 spiro atoms. The lowest BCUT2D eigenvalue weighted by Gasteiger charge is -2.37. The molecule has 0 radical (unpaired) electrons. The molecule has 1 amide bonds. The predicted octanol–water partition coefficient (Wildman–Crippen LogP) is 5.19. The molecular formula is C29H27N3O3.